The minimum absolute atomic E-state index is 0.0337. The number of anilines is 1. The van der Waals surface area contributed by atoms with E-state index in [1.165, 1.54) is 30.2 Å². The Morgan fingerprint density at radius 3 is 2.26 bits per heavy atom. The van der Waals surface area contributed by atoms with Crippen LogP contribution in [0.2, 0.25) is 5.02 Å². The van der Waals surface area contributed by atoms with Gasteiger partial charge in [-0.2, -0.15) is 0 Å². The molecule has 0 saturated carbocycles. The van der Waals surface area contributed by atoms with Crippen molar-refractivity contribution < 1.29 is 24.2 Å². The van der Waals surface area contributed by atoms with Crippen LogP contribution in [0.15, 0.2) is 78.4 Å². The van der Waals surface area contributed by atoms with Gasteiger partial charge in [0.2, 0.25) is 0 Å². The van der Waals surface area contributed by atoms with Crippen LogP contribution in [0.5, 0.6) is 0 Å². The number of ether oxygens (including phenoxy) is 1. The van der Waals surface area contributed by atoms with Crippen LogP contribution in [0.25, 0.3) is 5.76 Å². The normalized spacial score (nSPS) is 17.1. The molecule has 0 aliphatic carbocycles. The highest BCUT2D eigenvalue weighted by Gasteiger charge is 2.47. The topological polar surface area (TPSA) is 83.9 Å². The molecular weight excluding hydrogens is 454 g/mol. The SMILES string of the molecule is CCc1ccc(C2/C(=C(\O)c3cccc(Cl)c3)C(=O)C(=O)N2c2ccc(C(=O)OC)cc2)cc1. The molecule has 1 heterocycles. The molecular formula is C27H22ClNO5. The zero-order valence-corrected chi connectivity index (χ0v) is 19.4. The Morgan fingerprint density at radius 2 is 1.68 bits per heavy atom. The van der Waals surface area contributed by atoms with Crippen LogP contribution >= 0.6 is 11.6 Å². The van der Waals surface area contributed by atoms with Gasteiger partial charge in [0.05, 0.1) is 24.3 Å². The number of carbonyl (C=O) groups is 3. The molecule has 1 amide bonds. The van der Waals surface area contributed by atoms with Gasteiger partial charge in [-0.15, -0.1) is 0 Å². The number of amides is 1. The zero-order valence-electron chi connectivity index (χ0n) is 18.6. The van der Waals surface area contributed by atoms with E-state index >= 15 is 0 Å². The summed E-state index contributed by atoms with van der Waals surface area (Å²) >= 11 is 6.09. The monoisotopic (exact) mass is 475 g/mol. The number of nitrogens with zero attached hydrogens (tertiary/aromatic N) is 1. The maximum atomic E-state index is 13.2. The molecule has 1 N–H and O–H groups in total. The van der Waals surface area contributed by atoms with Crippen molar-refractivity contribution in [3.63, 3.8) is 0 Å². The Labute approximate surface area is 202 Å². The Bertz CT molecular complexity index is 1300. The molecule has 34 heavy (non-hydrogen) atoms. The molecule has 6 nitrogen and oxygen atoms in total. The predicted octanol–water partition coefficient (Wildman–Crippen LogP) is 5.32. The lowest BCUT2D eigenvalue weighted by atomic mass is 9.94. The number of Topliss-reactive ketones (excluding diaryl/α,β-unsaturated/α-hetero) is 1. The number of halogens is 1. The fourth-order valence-corrected chi connectivity index (χ4v) is 4.21. The van der Waals surface area contributed by atoms with E-state index in [0.29, 0.717) is 27.4 Å². The summed E-state index contributed by atoms with van der Waals surface area (Å²) in [4.78, 5) is 39.6. The maximum Gasteiger partial charge on any atom is 0.337 e. The molecule has 1 unspecified atom stereocenters. The molecule has 4 rings (SSSR count). The van der Waals surface area contributed by atoms with Gasteiger partial charge in [0.1, 0.15) is 5.76 Å². The van der Waals surface area contributed by atoms with Crippen LogP contribution in [0.1, 0.15) is 40.0 Å². The number of esters is 1. The van der Waals surface area contributed by atoms with Crippen molar-refractivity contribution in [1.82, 2.24) is 0 Å². The lowest BCUT2D eigenvalue weighted by Gasteiger charge is -2.25. The molecule has 0 bridgehead atoms. The minimum atomic E-state index is -0.867. The Balaban J connectivity index is 1.89. The van der Waals surface area contributed by atoms with Crippen molar-refractivity contribution in [3.05, 3.63) is 106 Å². The summed E-state index contributed by atoms with van der Waals surface area (Å²) in [6.45, 7) is 2.03. The van der Waals surface area contributed by atoms with Crippen molar-refractivity contribution in [1.29, 1.82) is 0 Å². The molecule has 1 atom stereocenters. The lowest BCUT2D eigenvalue weighted by Crippen LogP contribution is -2.29. The number of hydrogen-bond donors (Lipinski definition) is 1. The van der Waals surface area contributed by atoms with Crippen LogP contribution in [-0.4, -0.2) is 29.9 Å². The molecule has 1 fully saturated rings. The first kappa shape index (κ1) is 23.3. The van der Waals surface area contributed by atoms with Crippen LogP contribution < -0.4 is 4.90 Å². The fraction of sp³-hybridized carbons (Fsp3) is 0.148. The average molecular weight is 476 g/mol. The van der Waals surface area contributed by atoms with Crippen LogP contribution in [0, 0.1) is 0 Å². The van der Waals surface area contributed by atoms with Gasteiger partial charge in [0.15, 0.2) is 0 Å². The fourth-order valence-electron chi connectivity index (χ4n) is 4.02. The number of ketones is 1. The van der Waals surface area contributed by atoms with E-state index in [1.54, 1.807) is 30.3 Å². The third-order valence-electron chi connectivity index (χ3n) is 5.81. The zero-order chi connectivity index (χ0) is 24.4. The van der Waals surface area contributed by atoms with Crippen molar-refractivity contribution in [2.45, 2.75) is 19.4 Å². The highest BCUT2D eigenvalue weighted by molar-refractivity contribution is 6.51. The molecule has 172 valence electrons. The number of carbonyl (C=O) groups excluding carboxylic acids is 3. The first-order valence-corrected chi connectivity index (χ1v) is 11.1. The van der Waals surface area contributed by atoms with Crippen LogP contribution in [0.4, 0.5) is 5.69 Å². The van der Waals surface area contributed by atoms with Gasteiger partial charge in [-0.3, -0.25) is 14.5 Å². The van der Waals surface area contributed by atoms with Gasteiger partial charge >= 0.3 is 5.97 Å². The van der Waals surface area contributed by atoms with E-state index in [-0.39, 0.29) is 11.3 Å². The van der Waals surface area contributed by atoms with Gasteiger partial charge in [0, 0.05) is 16.3 Å². The first-order chi connectivity index (χ1) is 16.3. The molecule has 1 aliphatic heterocycles. The molecule has 7 heteroatoms. The van der Waals surface area contributed by atoms with E-state index in [1.807, 2.05) is 31.2 Å². The molecule has 0 radical (unpaired) electrons. The number of aryl methyl sites for hydroxylation is 1. The number of aliphatic hydroxyl groups is 1. The van der Waals surface area contributed by atoms with Crippen molar-refractivity contribution in [2.75, 3.05) is 12.0 Å². The van der Waals surface area contributed by atoms with Gasteiger partial charge < -0.3 is 9.84 Å². The number of aliphatic hydroxyl groups excluding tert-OH is 1. The quantitative estimate of drug-likeness (QED) is 0.234. The number of rotatable bonds is 5. The van der Waals surface area contributed by atoms with Crippen LogP contribution in [0.3, 0.4) is 0 Å². The molecule has 0 spiro atoms. The molecule has 1 aliphatic rings. The standard InChI is InChI=1S/C27H22ClNO5/c1-3-16-7-9-17(10-8-16)23-22(24(30)19-5-4-6-20(28)15-19)25(31)26(32)29(23)21-13-11-18(12-14-21)27(33)34-2/h4-15,23,30H,3H2,1-2H3/b24-22+. The van der Waals surface area contributed by atoms with Crippen molar-refractivity contribution in [3.8, 4) is 0 Å². The minimum Gasteiger partial charge on any atom is -0.507 e. The van der Waals surface area contributed by atoms with Crippen molar-refractivity contribution in [2.24, 2.45) is 0 Å². The molecule has 0 aromatic heterocycles. The summed E-state index contributed by atoms with van der Waals surface area (Å²) < 4.78 is 4.73. The Morgan fingerprint density at radius 1 is 1.00 bits per heavy atom. The molecule has 3 aromatic carbocycles. The summed E-state index contributed by atoms with van der Waals surface area (Å²) in [6.07, 6.45) is 0.831. The molecule has 1 saturated heterocycles. The maximum absolute atomic E-state index is 13.2. The Kier molecular flexibility index (Phi) is 6.52. The van der Waals surface area contributed by atoms with Gasteiger partial charge in [-0.25, -0.2) is 4.79 Å². The number of hydrogen-bond acceptors (Lipinski definition) is 5. The highest BCUT2D eigenvalue weighted by atomic mass is 35.5. The van der Waals surface area contributed by atoms with E-state index in [9.17, 15) is 19.5 Å². The summed E-state index contributed by atoms with van der Waals surface area (Å²) in [7, 11) is 1.28. The summed E-state index contributed by atoms with van der Waals surface area (Å²) in [5.74, 6) is -2.40. The smallest absolute Gasteiger partial charge is 0.337 e. The van der Waals surface area contributed by atoms with E-state index in [2.05, 4.69) is 0 Å². The third kappa shape index (κ3) is 4.20. The van der Waals surface area contributed by atoms with Crippen LogP contribution in [-0.2, 0) is 20.7 Å². The van der Waals surface area contributed by atoms with E-state index in [4.69, 9.17) is 16.3 Å². The predicted molar refractivity (Wildman–Crippen MR) is 130 cm³/mol. The van der Waals surface area contributed by atoms with E-state index in [0.717, 1.165) is 12.0 Å². The van der Waals surface area contributed by atoms with Gasteiger partial charge in [-0.05, 0) is 53.9 Å². The van der Waals surface area contributed by atoms with Crippen molar-refractivity contribution >= 4 is 40.7 Å². The lowest BCUT2D eigenvalue weighted by molar-refractivity contribution is -0.132. The molecule has 3 aromatic rings. The summed E-state index contributed by atoms with van der Waals surface area (Å²) in [5.41, 5.74) is 2.78. The second-order valence-electron chi connectivity index (χ2n) is 7.81. The van der Waals surface area contributed by atoms with E-state index < -0.39 is 23.7 Å². The van der Waals surface area contributed by atoms with Gasteiger partial charge in [0.25, 0.3) is 11.7 Å². The first-order valence-electron chi connectivity index (χ1n) is 10.7. The second kappa shape index (κ2) is 9.53. The number of methoxy groups -OCH3 is 1. The highest BCUT2D eigenvalue weighted by Crippen LogP contribution is 2.42. The summed E-state index contributed by atoms with van der Waals surface area (Å²) in [5, 5.41) is 11.5. The largest absolute Gasteiger partial charge is 0.507 e. The second-order valence-corrected chi connectivity index (χ2v) is 8.25. The number of benzene rings is 3. The average Bonchev–Trinajstić information content (AvgIpc) is 3.13. The third-order valence-corrected chi connectivity index (χ3v) is 6.05. The Hall–Kier alpha value is -3.90. The summed E-state index contributed by atoms with van der Waals surface area (Å²) in [6, 6.07) is 19.3. The van der Waals surface area contributed by atoms with Gasteiger partial charge in [-0.1, -0.05) is 54.9 Å².